The summed E-state index contributed by atoms with van der Waals surface area (Å²) in [6, 6.07) is 12.0. The summed E-state index contributed by atoms with van der Waals surface area (Å²) >= 11 is 13.8. The molecule has 1 heterocycles. The van der Waals surface area contributed by atoms with Gasteiger partial charge in [0.25, 0.3) is 0 Å². The van der Waals surface area contributed by atoms with Gasteiger partial charge in [0.05, 0.1) is 9.90 Å². The van der Waals surface area contributed by atoms with Crippen LogP contribution in [0.2, 0.25) is 10.0 Å². The van der Waals surface area contributed by atoms with Gasteiger partial charge in [-0.3, -0.25) is 0 Å². The summed E-state index contributed by atoms with van der Waals surface area (Å²) in [5, 5.41) is 5.60. The van der Waals surface area contributed by atoms with Crippen LogP contribution in [0.25, 0.3) is 10.4 Å². The van der Waals surface area contributed by atoms with Crippen molar-refractivity contribution in [2.24, 2.45) is 0 Å². The first kappa shape index (κ1) is 17.4. The van der Waals surface area contributed by atoms with Crippen molar-refractivity contribution in [2.75, 3.05) is 6.54 Å². The van der Waals surface area contributed by atoms with E-state index in [1.807, 2.05) is 18.3 Å². The van der Waals surface area contributed by atoms with E-state index in [-0.39, 0.29) is 5.82 Å². The van der Waals surface area contributed by atoms with Gasteiger partial charge in [-0.2, -0.15) is 0 Å². The number of hydrogen-bond donors (Lipinski definition) is 1. The van der Waals surface area contributed by atoms with Crippen molar-refractivity contribution in [3.8, 4) is 10.4 Å². The summed E-state index contributed by atoms with van der Waals surface area (Å²) in [6.07, 6.45) is 2.68. The third-order valence-electron chi connectivity index (χ3n) is 3.53. The lowest BCUT2D eigenvalue weighted by Gasteiger charge is -2.03. The predicted octanol–water partition coefficient (Wildman–Crippen LogP) is 5.59. The lowest BCUT2D eigenvalue weighted by Crippen LogP contribution is -2.16. The third kappa shape index (κ3) is 4.54. The van der Waals surface area contributed by atoms with Gasteiger partial charge in [0.1, 0.15) is 10.8 Å². The van der Waals surface area contributed by atoms with Gasteiger partial charge in [-0.15, -0.1) is 11.3 Å². The van der Waals surface area contributed by atoms with Crippen molar-refractivity contribution < 1.29 is 4.39 Å². The second-order valence-electron chi connectivity index (χ2n) is 5.30. The van der Waals surface area contributed by atoms with Crippen LogP contribution in [0.15, 0.2) is 48.7 Å². The van der Waals surface area contributed by atoms with E-state index in [4.69, 9.17) is 23.2 Å². The first-order chi connectivity index (χ1) is 11.6. The van der Waals surface area contributed by atoms with Crippen LogP contribution in [-0.4, -0.2) is 11.5 Å². The van der Waals surface area contributed by atoms with E-state index in [9.17, 15) is 4.39 Å². The maximum Gasteiger partial charge on any atom is 0.123 e. The molecular formula is C18H15Cl2FN2S. The van der Waals surface area contributed by atoms with Crippen molar-refractivity contribution in [3.63, 3.8) is 0 Å². The minimum absolute atomic E-state index is 0.206. The van der Waals surface area contributed by atoms with Crippen molar-refractivity contribution in [1.82, 2.24) is 10.3 Å². The SMILES string of the molecule is Fc1ccc(CCNCc2ncc(-c3ccc(Cl)cc3Cl)s2)cc1. The molecule has 1 N–H and O–H groups in total. The highest BCUT2D eigenvalue weighted by Crippen LogP contribution is 2.33. The Morgan fingerprint density at radius 1 is 1.08 bits per heavy atom. The molecule has 6 heteroatoms. The maximum atomic E-state index is 12.8. The Hall–Kier alpha value is -1.46. The highest BCUT2D eigenvalue weighted by Gasteiger charge is 2.08. The first-order valence-corrected chi connectivity index (χ1v) is 9.04. The highest BCUT2D eigenvalue weighted by atomic mass is 35.5. The van der Waals surface area contributed by atoms with Crippen LogP contribution in [0.3, 0.4) is 0 Å². The number of nitrogens with one attached hydrogen (secondary N) is 1. The molecular weight excluding hydrogens is 366 g/mol. The Kier molecular flexibility index (Phi) is 5.85. The second-order valence-corrected chi connectivity index (χ2v) is 7.25. The van der Waals surface area contributed by atoms with E-state index in [1.165, 1.54) is 12.1 Å². The Morgan fingerprint density at radius 3 is 2.62 bits per heavy atom. The number of benzene rings is 2. The molecule has 2 aromatic carbocycles. The molecule has 0 fully saturated rings. The fraction of sp³-hybridized carbons (Fsp3) is 0.167. The van der Waals surface area contributed by atoms with E-state index >= 15 is 0 Å². The average Bonchev–Trinajstić information content (AvgIpc) is 3.02. The van der Waals surface area contributed by atoms with Gasteiger partial charge in [0.2, 0.25) is 0 Å². The zero-order valence-corrected chi connectivity index (χ0v) is 15.1. The monoisotopic (exact) mass is 380 g/mol. The zero-order chi connectivity index (χ0) is 16.9. The van der Waals surface area contributed by atoms with Crippen molar-refractivity contribution in [3.05, 3.63) is 75.1 Å². The largest absolute Gasteiger partial charge is 0.310 e. The number of nitrogens with zero attached hydrogens (tertiary/aromatic N) is 1. The fourth-order valence-corrected chi connectivity index (χ4v) is 3.78. The molecule has 3 aromatic rings. The molecule has 0 spiro atoms. The minimum atomic E-state index is -0.206. The minimum Gasteiger partial charge on any atom is -0.310 e. The van der Waals surface area contributed by atoms with Gasteiger partial charge >= 0.3 is 0 Å². The number of aromatic nitrogens is 1. The van der Waals surface area contributed by atoms with Crippen LogP contribution < -0.4 is 5.32 Å². The van der Waals surface area contributed by atoms with Gasteiger partial charge in [-0.25, -0.2) is 9.37 Å². The molecule has 0 amide bonds. The molecule has 0 aliphatic carbocycles. The molecule has 0 saturated carbocycles. The predicted molar refractivity (Wildman–Crippen MR) is 99.4 cm³/mol. The maximum absolute atomic E-state index is 12.8. The van der Waals surface area contributed by atoms with Gasteiger partial charge in [0, 0.05) is 23.3 Å². The molecule has 3 rings (SSSR count). The van der Waals surface area contributed by atoms with E-state index in [1.54, 1.807) is 29.5 Å². The van der Waals surface area contributed by atoms with Gasteiger partial charge < -0.3 is 5.32 Å². The number of hydrogen-bond acceptors (Lipinski definition) is 3. The van der Waals surface area contributed by atoms with Crippen molar-refractivity contribution >= 4 is 34.5 Å². The van der Waals surface area contributed by atoms with Gasteiger partial charge in [-0.05, 0) is 42.8 Å². The van der Waals surface area contributed by atoms with Gasteiger partial charge in [-0.1, -0.05) is 41.4 Å². The van der Waals surface area contributed by atoms with Crippen LogP contribution in [0, 0.1) is 5.82 Å². The van der Waals surface area contributed by atoms with E-state index in [0.717, 1.165) is 34.0 Å². The van der Waals surface area contributed by atoms with Gasteiger partial charge in [0.15, 0.2) is 0 Å². The normalized spacial score (nSPS) is 11.0. The topological polar surface area (TPSA) is 24.9 Å². The smallest absolute Gasteiger partial charge is 0.123 e. The van der Waals surface area contributed by atoms with Crippen LogP contribution >= 0.6 is 34.5 Å². The van der Waals surface area contributed by atoms with Crippen LogP contribution in [0.1, 0.15) is 10.6 Å². The average molecular weight is 381 g/mol. The second kappa shape index (κ2) is 8.08. The fourth-order valence-electron chi connectivity index (χ4n) is 2.28. The highest BCUT2D eigenvalue weighted by molar-refractivity contribution is 7.15. The van der Waals surface area contributed by atoms with E-state index in [2.05, 4.69) is 10.3 Å². The zero-order valence-electron chi connectivity index (χ0n) is 12.7. The Morgan fingerprint density at radius 2 is 1.88 bits per heavy atom. The van der Waals surface area contributed by atoms with Crippen molar-refractivity contribution in [2.45, 2.75) is 13.0 Å². The summed E-state index contributed by atoms with van der Waals surface area (Å²) in [5.74, 6) is -0.206. The molecule has 124 valence electrons. The van der Waals surface area contributed by atoms with Crippen molar-refractivity contribution in [1.29, 1.82) is 0 Å². The molecule has 0 unspecified atom stereocenters. The summed E-state index contributed by atoms with van der Waals surface area (Å²) in [5.41, 5.74) is 2.05. The molecule has 0 atom stereocenters. The summed E-state index contributed by atoms with van der Waals surface area (Å²) < 4.78 is 12.8. The van der Waals surface area contributed by atoms with Crippen LogP contribution in [-0.2, 0) is 13.0 Å². The summed E-state index contributed by atoms with van der Waals surface area (Å²) in [4.78, 5) is 5.45. The first-order valence-electron chi connectivity index (χ1n) is 7.47. The van der Waals surface area contributed by atoms with Crippen LogP contribution in [0.4, 0.5) is 4.39 Å². The molecule has 0 aliphatic rings. The third-order valence-corrected chi connectivity index (χ3v) is 5.11. The van der Waals surface area contributed by atoms with E-state index < -0.39 is 0 Å². The lowest BCUT2D eigenvalue weighted by atomic mass is 10.1. The summed E-state index contributed by atoms with van der Waals surface area (Å²) in [7, 11) is 0. The Balaban J connectivity index is 1.53. The Labute approximate surface area is 154 Å². The molecule has 0 bridgehead atoms. The number of halogens is 3. The molecule has 24 heavy (non-hydrogen) atoms. The molecule has 1 aromatic heterocycles. The lowest BCUT2D eigenvalue weighted by molar-refractivity contribution is 0.626. The van der Waals surface area contributed by atoms with E-state index in [0.29, 0.717) is 16.6 Å². The molecule has 0 aliphatic heterocycles. The quantitative estimate of drug-likeness (QED) is 0.563. The molecule has 0 radical (unpaired) electrons. The standard InChI is InChI=1S/C18H15Cl2FN2S/c19-13-3-6-15(16(20)9-13)17-10-23-18(24-17)11-22-8-7-12-1-4-14(21)5-2-12/h1-6,9-10,22H,7-8,11H2. The number of rotatable bonds is 6. The molecule has 2 nitrogen and oxygen atoms in total. The number of thiazole rings is 1. The molecule has 0 saturated heterocycles. The summed E-state index contributed by atoms with van der Waals surface area (Å²) in [6.45, 7) is 1.50. The van der Waals surface area contributed by atoms with Crippen LogP contribution in [0.5, 0.6) is 0 Å². The Bertz CT molecular complexity index is 818.